The molecule has 0 aliphatic carbocycles. The van der Waals surface area contributed by atoms with Crippen LogP contribution in [-0.2, 0) is 11.2 Å². The second kappa shape index (κ2) is 6.22. The molecule has 25 heavy (non-hydrogen) atoms. The summed E-state index contributed by atoms with van der Waals surface area (Å²) < 4.78 is 5.50. The third-order valence-electron chi connectivity index (χ3n) is 4.17. The Morgan fingerprint density at radius 1 is 1.20 bits per heavy atom. The highest BCUT2D eigenvalue weighted by molar-refractivity contribution is 6.36. The summed E-state index contributed by atoms with van der Waals surface area (Å²) in [7, 11) is 0. The molecule has 4 nitrogen and oxygen atoms in total. The minimum absolute atomic E-state index is 0.230. The molecule has 0 bridgehead atoms. The molecule has 4 rings (SSSR count). The van der Waals surface area contributed by atoms with Crippen LogP contribution >= 0.6 is 11.6 Å². The minimum atomic E-state index is -0.300. The first kappa shape index (κ1) is 15.7. The van der Waals surface area contributed by atoms with Crippen LogP contribution in [0.4, 0.5) is 0 Å². The fourth-order valence-corrected chi connectivity index (χ4v) is 3.20. The Hall–Kier alpha value is -2.85. The molecule has 0 radical (unpaired) electrons. The smallest absolute Gasteiger partial charge is 0.315 e. The highest BCUT2D eigenvalue weighted by Gasteiger charge is 2.13. The first-order valence-electron chi connectivity index (χ1n) is 7.93. The molecule has 0 atom stereocenters. The Morgan fingerprint density at radius 2 is 2.00 bits per heavy atom. The zero-order chi connectivity index (χ0) is 17.4. The van der Waals surface area contributed by atoms with E-state index in [1.165, 1.54) is 0 Å². The van der Waals surface area contributed by atoms with Gasteiger partial charge in [0.25, 0.3) is 0 Å². The SMILES string of the molecule is Cc1cnc(Cl)c2c1[nH]c1ccc(OC(=O)Cc3ccccc3)cc12. The Kier molecular flexibility index (Phi) is 3.90. The molecule has 2 heterocycles. The number of nitrogens with one attached hydrogen (secondary N) is 1. The number of nitrogens with zero attached hydrogens (tertiary/aromatic N) is 1. The number of carbonyl (C=O) groups is 1. The Bertz CT molecular complexity index is 1090. The number of hydrogen-bond acceptors (Lipinski definition) is 3. The van der Waals surface area contributed by atoms with Crippen LogP contribution in [0.2, 0.25) is 5.15 Å². The van der Waals surface area contributed by atoms with Crippen molar-refractivity contribution in [2.75, 3.05) is 0 Å². The minimum Gasteiger partial charge on any atom is -0.426 e. The van der Waals surface area contributed by atoms with E-state index in [2.05, 4.69) is 9.97 Å². The maximum Gasteiger partial charge on any atom is 0.315 e. The van der Waals surface area contributed by atoms with Gasteiger partial charge in [-0.25, -0.2) is 4.98 Å². The highest BCUT2D eigenvalue weighted by atomic mass is 35.5. The lowest BCUT2D eigenvalue weighted by atomic mass is 10.1. The normalized spacial score (nSPS) is 11.1. The summed E-state index contributed by atoms with van der Waals surface area (Å²) in [6.45, 7) is 1.97. The third-order valence-corrected chi connectivity index (χ3v) is 4.45. The molecule has 0 aliphatic heterocycles. The molecule has 2 aromatic carbocycles. The average molecular weight is 351 g/mol. The Morgan fingerprint density at radius 3 is 2.80 bits per heavy atom. The van der Waals surface area contributed by atoms with Crippen molar-refractivity contribution < 1.29 is 9.53 Å². The predicted molar refractivity (Wildman–Crippen MR) is 99.1 cm³/mol. The molecular weight excluding hydrogens is 336 g/mol. The van der Waals surface area contributed by atoms with E-state index in [1.807, 2.05) is 49.4 Å². The van der Waals surface area contributed by atoms with E-state index >= 15 is 0 Å². The van der Waals surface area contributed by atoms with E-state index < -0.39 is 0 Å². The van der Waals surface area contributed by atoms with E-state index in [-0.39, 0.29) is 12.4 Å². The lowest BCUT2D eigenvalue weighted by Gasteiger charge is -2.05. The summed E-state index contributed by atoms with van der Waals surface area (Å²) in [6.07, 6.45) is 1.97. The molecule has 5 heteroatoms. The molecule has 0 saturated heterocycles. The topological polar surface area (TPSA) is 55.0 Å². The van der Waals surface area contributed by atoms with Gasteiger partial charge in [-0.3, -0.25) is 4.79 Å². The van der Waals surface area contributed by atoms with Crippen LogP contribution in [0.25, 0.3) is 21.8 Å². The third kappa shape index (κ3) is 2.96. The maximum absolute atomic E-state index is 12.2. The Balaban J connectivity index is 1.68. The van der Waals surface area contributed by atoms with Crippen molar-refractivity contribution in [1.82, 2.24) is 9.97 Å². The molecule has 124 valence electrons. The average Bonchev–Trinajstić information content (AvgIpc) is 2.99. The predicted octanol–water partition coefficient (Wildman–Crippen LogP) is 4.83. The zero-order valence-electron chi connectivity index (χ0n) is 13.5. The number of H-pyrrole nitrogens is 1. The summed E-state index contributed by atoms with van der Waals surface area (Å²) in [5.74, 6) is 0.192. The molecule has 0 amide bonds. The van der Waals surface area contributed by atoms with E-state index in [4.69, 9.17) is 16.3 Å². The fourth-order valence-electron chi connectivity index (χ4n) is 2.96. The van der Waals surface area contributed by atoms with Gasteiger partial charge in [-0.1, -0.05) is 41.9 Å². The van der Waals surface area contributed by atoms with Crippen LogP contribution in [0.1, 0.15) is 11.1 Å². The van der Waals surface area contributed by atoms with Gasteiger partial charge in [0, 0.05) is 22.5 Å². The van der Waals surface area contributed by atoms with Gasteiger partial charge in [-0.2, -0.15) is 0 Å². The van der Waals surface area contributed by atoms with Gasteiger partial charge in [0.05, 0.1) is 11.9 Å². The number of carbonyl (C=O) groups excluding carboxylic acids is 1. The van der Waals surface area contributed by atoms with Gasteiger partial charge < -0.3 is 9.72 Å². The zero-order valence-corrected chi connectivity index (χ0v) is 14.3. The van der Waals surface area contributed by atoms with Crippen LogP contribution in [0.15, 0.2) is 54.7 Å². The number of esters is 1. The second-order valence-electron chi connectivity index (χ2n) is 5.95. The summed E-state index contributed by atoms with van der Waals surface area (Å²) in [5.41, 5.74) is 3.81. The second-order valence-corrected chi connectivity index (χ2v) is 6.31. The standard InChI is InChI=1S/C20H15ClN2O2/c1-12-11-22-20(21)18-15-10-14(7-8-16(15)23-19(12)18)25-17(24)9-13-5-3-2-4-6-13/h2-8,10-11,23H,9H2,1H3. The molecule has 2 aromatic heterocycles. The number of rotatable bonds is 3. The molecule has 0 aliphatic rings. The largest absolute Gasteiger partial charge is 0.426 e. The molecule has 0 spiro atoms. The van der Waals surface area contributed by atoms with Crippen LogP contribution in [0.3, 0.4) is 0 Å². The molecule has 0 fully saturated rings. The lowest BCUT2D eigenvalue weighted by molar-refractivity contribution is -0.133. The Labute approximate surface area is 149 Å². The maximum atomic E-state index is 12.2. The monoisotopic (exact) mass is 350 g/mol. The van der Waals surface area contributed by atoms with Crippen LogP contribution in [0.5, 0.6) is 5.75 Å². The van der Waals surface area contributed by atoms with E-state index in [0.717, 1.165) is 32.9 Å². The van der Waals surface area contributed by atoms with Gasteiger partial charge in [0.1, 0.15) is 10.9 Å². The van der Waals surface area contributed by atoms with Crippen LogP contribution in [-0.4, -0.2) is 15.9 Å². The van der Waals surface area contributed by atoms with E-state index in [1.54, 1.807) is 12.3 Å². The quantitative estimate of drug-likeness (QED) is 0.327. The number of aromatic nitrogens is 2. The van der Waals surface area contributed by atoms with Crippen molar-refractivity contribution in [3.05, 3.63) is 71.0 Å². The van der Waals surface area contributed by atoms with E-state index in [9.17, 15) is 4.79 Å². The molecule has 4 aromatic rings. The van der Waals surface area contributed by atoms with Crippen molar-refractivity contribution in [1.29, 1.82) is 0 Å². The van der Waals surface area contributed by atoms with Crippen LogP contribution < -0.4 is 4.74 Å². The van der Waals surface area contributed by atoms with Gasteiger partial charge in [0.15, 0.2) is 0 Å². The number of ether oxygens (including phenoxy) is 1. The van der Waals surface area contributed by atoms with Crippen molar-refractivity contribution in [2.45, 2.75) is 13.3 Å². The van der Waals surface area contributed by atoms with Crippen molar-refractivity contribution >= 4 is 39.4 Å². The number of benzene rings is 2. The number of halogens is 1. The van der Waals surface area contributed by atoms with Crippen LogP contribution in [0, 0.1) is 6.92 Å². The summed E-state index contributed by atoms with van der Waals surface area (Å²) in [6, 6.07) is 15.0. The van der Waals surface area contributed by atoms with Gasteiger partial charge >= 0.3 is 5.97 Å². The lowest BCUT2D eigenvalue weighted by Crippen LogP contribution is -2.11. The number of hydrogen-bond donors (Lipinski definition) is 1. The van der Waals surface area contributed by atoms with Crippen molar-refractivity contribution in [3.8, 4) is 5.75 Å². The molecular formula is C20H15ClN2O2. The van der Waals surface area contributed by atoms with Gasteiger partial charge in [-0.15, -0.1) is 0 Å². The number of pyridine rings is 1. The first-order valence-corrected chi connectivity index (χ1v) is 8.31. The summed E-state index contributed by atoms with van der Waals surface area (Å²) >= 11 is 6.28. The van der Waals surface area contributed by atoms with Crippen molar-refractivity contribution in [3.63, 3.8) is 0 Å². The number of aryl methyl sites for hydroxylation is 1. The molecule has 1 N–H and O–H groups in total. The molecule has 0 unspecified atom stereocenters. The molecule has 0 saturated carbocycles. The van der Waals surface area contributed by atoms with Crippen molar-refractivity contribution in [2.24, 2.45) is 0 Å². The van der Waals surface area contributed by atoms with Gasteiger partial charge in [0.2, 0.25) is 0 Å². The van der Waals surface area contributed by atoms with E-state index in [0.29, 0.717) is 10.9 Å². The first-order chi connectivity index (χ1) is 12.1. The fraction of sp³-hybridized carbons (Fsp3) is 0.100. The summed E-state index contributed by atoms with van der Waals surface area (Å²) in [5, 5.41) is 2.17. The summed E-state index contributed by atoms with van der Waals surface area (Å²) in [4.78, 5) is 19.7. The number of fused-ring (bicyclic) bond motifs is 3. The highest BCUT2D eigenvalue weighted by Crippen LogP contribution is 2.33. The number of aromatic amines is 1. The van der Waals surface area contributed by atoms with Gasteiger partial charge in [-0.05, 0) is 36.2 Å².